The van der Waals surface area contributed by atoms with Gasteiger partial charge in [-0.2, -0.15) is 20.1 Å². The summed E-state index contributed by atoms with van der Waals surface area (Å²) in [7, 11) is 0. The van der Waals surface area contributed by atoms with Gasteiger partial charge in [-0.1, -0.05) is 0 Å². The molecule has 1 aromatic heterocycles. The van der Waals surface area contributed by atoms with E-state index in [1.54, 1.807) is 18.3 Å². The lowest BCUT2D eigenvalue weighted by Gasteiger charge is -2.30. The van der Waals surface area contributed by atoms with Gasteiger partial charge in [0.25, 0.3) is 11.4 Å². The number of rotatable bonds is 9. The first-order valence-corrected chi connectivity index (χ1v) is 13.7. The number of carbonyl (C=O) groups is 1. The van der Waals surface area contributed by atoms with Crippen LogP contribution in [0.4, 0.5) is 29.2 Å². The van der Waals surface area contributed by atoms with Gasteiger partial charge in [-0.15, -0.1) is 0 Å². The van der Waals surface area contributed by atoms with Gasteiger partial charge in [-0.25, -0.2) is 10.2 Å². The number of nitrogens with zero attached hydrogens (tertiary/aromatic N) is 8. The van der Waals surface area contributed by atoms with Crippen LogP contribution < -0.4 is 20.0 Å². The number of hydrazone groups is 1. The molecule has 1 N–H and O–H groups in total. The molecule has 0 aliphatic carbocycles. The molecular weight excluding hydrogens is 546 g/mol. The lowest BCUT2D eigenvalue weighted by Crippen LogP contribution is -2.34. The smallest absolute Gasteiger partial charge is 0.344 e. The molecule has 5 rings (SSSR count). The minimum atomic E-state index is -0.964. The highest BCUT2D eigenvalue weighted by Crippen LogP contribution is 2.25. The normalized spacial score (nSPS) is 15.4. The molecule has 0 saturated carbocycles. The number of non-ortho nitro benzene ring substituents is 2. The predicted octanol–water partition coefficient (Wildman–Crippen LogP) is 4.33. The molecule has 0 atom stereocenters. The van der Waals surface area contributed by atoms with Crippen LogP contribution in [0, 0.1) is 20.2 Å². The number of aromatic nitrogens is 3. The van der Waals surface area contributed by atoms with Gasteiger partial charge in [-0.3, -0.25) is 20.2 Å². The first kappa shape index (κ1) is 28.3. The number of carbonyl (C=O) groups excluding carboxylic acids is 1. The van der Waals surface area contributed by atoms with E-state index in [4.69, 9.17) is 9.72 Å². The standard InChI is InChI=1S/C27H29N9O6/c37-24(20-15-21(35(38)39)17-22(16-20)36(40)41)42-23-9-7-19(8-10-23)18-28-32-25-29-26(33-11-3-1-4-12-33)31-27(30-25)34-13-5-2-6-14-34/h7-10,15-18H,1-6,11-14H2,(H,29,30,31,32). The van der Waals surface area contributed by atoms with E-state index in [9.17, 15) is 25.0 Å². The lowest BCUT2D eigenvalue weighted by molar-refractivity contribution is -0.394. The Bertz CT molecular complexity index is 1420. The second kappa shape index (κ2) is 13.0. The maximum absolute atomic E-state index is 12.5. The summed E-state index contributed by atoms with van der Waals surface area (Å²) < 4.78 is 5.26. The summed E-state index contributed by atoms with van der Waals surface area (Å²) in [5.74, 6) is 0.813. The molecule has 0 unspecified atom stereocenters. The number of piperidine rings is 2. The number of nitrogens with one attached hydrogen (secondary N) is 1. The average molecular weight is 576 g/mol. The summed E-state index contributed by atoms with van der Waals surface area (Å²) in [5.41, 5.74) is 2.11. The van der Waals surface area contributed by atoms with Crippen molar-refractivity contribution in [1.82, 2.24) is 15.0 Å². The minimum absolute atomic E-state index is 0.147. The number of ether oxygens (including phenoxy) is 1. The Morgan fingerprint density at radius 3 is 1.83 bits per heavy atom. The first-order chi connectivity index (χ1) is 20.4. The fraction of sp³-hybridized carbons (Fsp3) is 0.370. The van der Waals surface area contributed by atoms with Gasteiger partial charge >= 0.3 is 5.97 Å². The van der Waals surface area contributed by atoms with E-state index >= 15 is 0 Å². The van der Waals surface area contributed by atoms with E-state index in [1.807, 2.05) is 0 Å². The fourth-order valence-corrected chi connectivity index (χ4v) is 4.75. The molecule has 42 heavy (non-hydrogen) atoms. The third kappa shape index (κ3) is 7.10. The van der Waals surface area contributed by atoms with Crippen molar-refractivity contribution in [3.8, 4) is 5.75 Å². The van der Waals surface area contributed by atoms with E-state index < -0.39 is 27.2 Å². The number of anilines is 3. The summed E-state index contributed by atoms with van der Waals surface area (Å²) in [6, 6.07) is 8.95. The average Bonchev–Trinajstić information content (AvgIpc) is 3.02. The quantitative estimate of drug-likeness (QED) is 0.125. The Morgan fingerprint density at radius 1 is 0.810 bits per heavy atom. The molecule has 2 fully saturated rings. The van der Waals surface area contributed by atoms with Gasteiger partial charge in [0.1, 0.15) is 5.75 Å². The Balaban J connectivity index is 1.26. The van der Waals surface area contributed by atoms with Crippen LogP contribution >= 0.6 is 0 Å². The Labute approximate surface area is 240 Å². The van der Waals surface area contributed by atoms with Crippen molar-refractivity contribution in [3.63, 3.8) is 0 Å². The lowest BCUT2D eigenvalue weighted by atomic mass is 10.1. The number of benzene rings is 2. The Kier molecular flexibility index (Phi) is 8.75. The first-order valence-electron chi connectivity index (χ1n) is 13.7. The molecule has 3 aromatic rings. The van der Waals surface area contributed by atoms with Crippen molar-refractivity contribution in [3.05, 3.63) is 73.8 Å². The molecule has 2 aliphatic heterocycles. The SMILES string of the molecule is O=C(Oc1ccc(C=NNc2nc(N3CCCCC3)nc(N3CCCCC3)n2)cc1)c1cc([N+](=O)[O-])cc([N+](=O)[O-])c1. The summed E-state index contributed by atoms with van der Waals surface area (Å²) in [6.07, 6.45) is 8.35. The molecule has 0 bridgehead atoms. The van der Waals surface area contributed by atoms with Gasteiger partial charge in [0, 0.05) is 38.3 Å². The molecule has 15 heteroatoms. The molecule has 0 radical (unpaired) electrons. The van der Waals surface area contributed by atoms with Crippen LogP contribution in [0.25, 0.3) is 0 Å². The molecular formula is C27H29N9O6. The molecule has 2 aliphatic rings. The van der Waals surface area contributed by atoms with Crippen LogP contribution in [0.3, 0.4) is 0 Å². The zero-order valence-electron chi connectivity index (χ0n) is 22.7. The second-order valence-corrected chi connectivity index (χ2v) is 9.94. The van der Waals surface area contributed by atoms with E-state index in [-0.39, 0.29) is 11.3 Å². The summed E-state index contributed by atoms with van der Waals surface area (Å²) in [4.78, 5) is 51.4. The van der Waals surface area contributed by atoms with Crippen molar-refractivity contribution in [2.24, 2.45) is 5.10 Å². The topological polar surface area (TPSA) is 182 Å². The van der Waals surface area contributed by atoms with Crippen LogP contribution in [-0.2, 0) is 0 Å². The maximum Gasteiger partial charge on any atom is 0.344 e. The number of esters is 1. The van der Waals surface area contributed by atoms with Gasteiger partial charge in [0.05, 0.1) is 27.7 Å². The van der Waals surface area contributed by atoms with Crippen molar-refractivity contribution in [1.29, 1.82) is 0 Å². The van der Waals surface area contributed by atoms with Crippen LogP contribution in [-0.4, -0.2) is 63.2 Å². The summed E-state index contributed by atoms with van der Waals surface area (Å²) in [6.45, 7) is 3.62. The zero-order chi connectivity index (χ0) is 29.5. The molecule has 2 aromatic carbocycles. The van der Waals surface area contributed by atoms with Crippen molar-refractivity contribution < 1.29 is 19.4 Å². The van der Waals surface area contributed by atoms with Gasteiger partial charge in [0.2, 0.25) is 17.8 Å². The number of nitro groups is 2. The highest BCUT2D eigenvalue weighted by molar-refractivity contribution is 5.92. The van der Waals surface area contributed by atoms with Crippen LogP contribution in [0.1, 0.15) is 54.4 Å². The number of hydrogen-bond donors (Lipinski definition) is 1. The van der Waals surface area contributed by atoms with Crippen LogP contribution in [0.15, 0.2) is 47.6 Å². The second-order valence-electron chi connectivity index (χ2n) is 9.94. The van der Waals surface area contributed by atoms with Gasteiger partial charge in [-0.05, 0) is 68.4 Å². The van der Waals surface area contributed by atoms with Crippen LogP contribution in [0.5, 0.6) is 5.75 Å². The van der Waals surface area contributed by atoms with Crippen molar-refractivity contribution >= 4 is 41.4 Å². The minimum Gasteiger partial charge on any atom is -0.423 e. The third-order valence-corrected chi connectivity index (χ3v) is 6.92. The van der Waals surface area contributed by atoms with Gasteiger partial charge in [0.15, 0.2) is 0 Å². The summed E-state index contributed by atoms with van der Waals surface area (Å²) in [5, 5.41) is 26.5. The third-order valence-electron chi connectivity index (χ3n) is 6.92. The van der Waals surface area contributed by atoms with E-state index in [2.05, 4.69) is 30.3 Å². The van der Waals surface area contributed by atoms with E-state index in [0.29, 0.717) is 23.4 Å². The molecule has 0 spiro atoms. The molecule has 15 nitrogen and oxygen atoms in total. The van der Waals surface area contributed by atoms with Crippen LogP contribution in [0.2, 0.25) is 0 Å². The monoisotopic (exact) mass is 575 g/mol. The highest BCUT2D eigenvalue weighted by atomic mass is 16.6. The fourth-order valence-electron chi connectivity index (χ4n) is 4.75. The van der Waals surface area contributed by atoms with E-state index in [1.165, 1.54) is 25.0 Å². The highest BCUT2D eigenvalue weighted by Gasteiger charge is 2.22. The molecule has 0 amide bonds. The maximum atomic E-state index is 12.5. The Morgan fingerprint density at radius 2 is 1.33 bits per heavy atom. The van der Waals surface area contributed by atoms with Gasteiger partial charge < -0.3 is 14.5 Å². The molecule has 2 saturated heterocycles. The predicted molar refractivity (Wildman–Crippen MR) is 154 cm³/mol. The summed E-state index contributed by atoms with van der Waals surface area (Å²) >= 11 is 0. The molecule has 3 heterocycles. The zero-order valence-corrected chi connectivity index (χ0v) is 22.7. The van der Waals surface area contributed by atoms with Crippen molar-refractivity contribution in [2.75, 3.05) is 41.4 Å². The number of hydrogen-bond acceptors (Lipinski definition) is 13. The number of nitro benzene ring substituents is 2. The largest absolute Gasteiger partial charge is 0.423 e. The molecule has 218 valence electrons. The van der Waals surface area contributed by atoms with E-state index in [0.717, 1.165) is 70.1 Å². The Hall–Kier alpha value is -5.21. The van der Waals surface area contributed by atoms with Crippen molar-refractivity contribution in [2.45, 2.75) is 38.5 Å².